The van der Waals surface area contributed by atoms with Gasteiger partial charge in [-0.2, -0.15) is 13.2 Å². The summed E-state index contributed by atoms with van der Waals surface area (Å²) in [4.78, 5) is 3.64. The lowest BCUT2D eigenvalue weighted by Gasteiger charge is -2.17. The van der Waals surface area contributed by atoms with Crippen LogP contribution in [0, 0.1) is 0 Å². The van der Waals surface area contributed by atoms with Gasteiger partial charge in [-0.25, -0.2) is 4.98 Å². The van der Waals surface area contributed by atoms with E-state index in [0.717, 1.165) is 12.1 Å². The van der Waals surface area contributed by atoms with Gasteiger partial charge in [0.05, 0.1) is 15.6 Å². The molecule has 158 valence electrons. The van der Waals surface area contributed by atoms with Gasteiger partial charge in [0.25, 0.3) is 0 Å². The Morgan fingerprint density at radius 2 is 1.79 bits per heavy atom. The molecule has 1 unspecified atom stereocenters. The van der Waals surface area contributed by atoms with E-state index < -0.39 is 17.8 Å². The molecule has 1 heterocycles. The van der Waals surface area contributed by atoms with Crippen LogP contribution in [0.25, 0.3) is 0 Å². The van der Waals surface area contributed by atoms with E-state index in [4.69, 9.17) is 60.6 Å². The van der Waals surface area contributed by atoms with Gasteiger partial charge in [-0.05, 0) is 19.1 Å². The molecule has 2 rings (SSSR count). The van der Waals surface area contributed by atoms with Crippen LogP contribution in [0.15, 0.2) is 41.0 Å². The molecule has 0 aliphatic rings. The van der Waals surface area contributed by atoms with Crippen LogP contribution in [0.2, 0.25) is 10.0 Å². The molecule has 1 aromatic heterocycles. The molecule has 1 aromatic carbocycles. The van der Waals surface area contributed by atoms with Crippen molar-refractivity contribution in [3.63, 3.8) is 0 Å². The minimum atomic E-state index is -4.46. The van der Waals surface area contributed by atoms with E-state index in [-0.39, 0.29) is 39.4 Å². The quantitative estimate of drug-likeness (QED) is 0.401. The minimum absolute atomic E-state index is 0.0208. The Morgan fingerprint density at radius 3 is 2.31 bits per heavy atom. The van der Waals surface area contributed by atoms with Gasteiger partial charge >= 0.3 is 6.18 Å². The highest BCUT2D eigenvalue weighted by Crippen LogP contribution is 2.37. The Bertz CT molecular complexity index is 833. The topological polar surface area (TPSA) is 40.6 Å². The standard InChI is InChI=1S/C18H14Cl4F3NO3/c1-10(29-16-3-2-11(8-26-16)18(23,24)25)9-28-17-13(19)6-12(7-14(17)20)27-5-4-15(21)22/h2-4,6-8,10H,5,9H2,1H3. The van der Waals surface area contributed by atoms with Gasteiger partial charge < -0.3 is 14.2 Å². The fourth-order valence-corrected chi connectivity index (χ4v) is 2.72. The summed E-state index contributed by atoms with van der Waals surface area (Å²) in [5.74, 6) is 0.625. The first kappa shape index (κ1) is 23.7. The van der Waals surface area contributed by atoms with Crippen molar-refractivity contribution in [1.29, 1.82) is 0 Å². The highest BCUT2D eigenvalue weighted by atomic mass is 35.5. The fraction of sp³-hybridized carbons (Fsp3) is 0.278. The SMILES string of the molecule is CC(COc1c(Cl)cc(OCC=C(Cl)Cl)cc1Cl)Oc1ccc(C(F)(F)F)cn1. The number of hydrogen-bond donors (Lipinski definition) is 0. The maximum absolute atomic E-state index is 12.5. The molecular formula is C18H14Cl4F3NO3. The molecule has 11 heteroatoms. The second-order valence-corrected chi connectivity index (χ2v) is 7.47. The van der Waals surface area contributed by atoms with Crippen LogP contribution < -0.4 is 14.2 Å². The first-order valence-electron chi connectivity index (χ1n) is 8.02. The van der Waals surface area contributed by atoms with Crippen LogP contribution in [0.3, 0.4) is 0 Å². The monoisotopic (exact) mass is 489 g/mol. The summed E-state index contributed by atoms with van der Waals surface area (Å²) in [6, 6.07) is 5.02. The molecule has 0 saturated carbocycles. The maximum Gasteiger partial charge on any atom is 0.417 e. The van der Waals surface area contributed by atoms with E-state index in [9.17, 15) is 13.2 Å². The zero-order valence-electron chi connectivity index (χ0n) is 14.8. The summed E-state index contributed by atoms with van der Waals surface area (Å²) in [6.45, 7) is 1.80. The number of benzene rings is 1. The van der Waals surface area contributed by atoms with Gasteiger partial charge in [-0.15, -0.1) is 0 Å². The Labute approximate surface area is 185 Å². The van der Waals surface area contributed by atoms with E-state index in [1.54, 1.807) is 6.92 Å². The second kappa shape index (κ2) is 10.5. The van der Waals surface area contributed by atoms with Crippen molar-refractivity contribution in [1.82, 2.24) is 4.98 Å². The highest BCUT2D eigenvalue weighted by molar-refractivity contribution is 6.55. The predicted octanol–water partition coefficient (Wildman–Crippen LogP) is 6.95. The number of rotatable bonds is 8. The van der Waals surface area contributed by atoms with Crippen LogP contribution >= 0.6 is 46.4 Å². The average Bonchev–Trinajstić information content (AvgIpc) is 2.60. The largest absolute Gasteiger partial charge is 0.489 e. The molecule has 0 amide bonds. The number of halogens is 7. The Morgan fingerprint density at radius 1 is 1.14 bits per heavy atom. The zero-order valence-corrected chi connectivity index (χ0v) is 17.8. The molecule has 0 saturated heterocycles. The molecule has 0 bridgehead atoms. The molecule has 4 nitrogen and oxygen atoms in total. The van der Waals surface area contributed by atoms with E-state index in [0.29, 0.717) is 11.9 Å². The Balaban J connectivity index is 1.94. The van der Waals surface area contributed by atoms with Crippen LogP contribution in [0.1, 0.15) is 12.5 Å². The molecule has 2 aromatic rings. The van der Waals surface area contributed by atoms with Crippen molar-refractivity contribution in [2.45, 2.75) is 19.2 Å². The van der Waals surface area contributed by atoms with E-state index in [1.165, 1.54) is 18.2 Å². The van der Waals surface area contributed by atoms with Gasteiger partial charge in [-0.3, -0.25) is 0 Å². The van der Waals surface area contributed by atoms with Crippen molar-refractivity contribution in [3.8, 4) is 17.4 Å². The minimum Gasteiger partial charge on any atom is -0.489 e. The number of aromatic nitrogens is 1. The second-order valence-electron chi connectivity index (χ2n) is 5.64. The number of hydrogen-bond acceptors (Lipinski definition) is 4. The maximum atomic E-state index is 12.5. The van der Waals surface area contributed by atoms with E-state index in [2.05, 4.69) is 4.98 Å². The summed E-state index contributed by atoms with van der Waals surface area (Å²) in [6.07, 6.45) is -2.86. The third kappa shape index (κ3) is 7.66. The fourth-order valence-electron chi connectivity index (χ4n) is 2.02. The molecular weight excluding hydrogens is 477 g/mol. The average molecular weight is 491 g/mol. The van der Waals surface area contributed by atoms with Crippen LogP contribution in [-0.2, 0) is 6.18 Å². The summed E-state index contributed by atoms with van der Waals surface area (Å²) in [5, 5.41) is 0.404. The molecule has 0 fully saturated rings. The van der Waals surface area contributed by atoms with Crippen LogP contribution in [0.4, 0.5) is 13.2 Å². The van der Waals surface area contributed by atoms with Crippen molar-refractivity contribution in [2.75, 3.05) is 13.2 Å². The number of nitrogens with zero attached hydrogens (tertiary/aromatic N) is 1. The summed E-state index contributed by atoms with van der Waals surface area (Å²) < 4.78 is 54.1. The molecule has 0 spiro atoms. The van der Waals surface area contributed by atoms with Crippen molar-refractivity contribution < 1.29 is 27.4 Å². The third-order valence-corrected chi connectivity index (χ3v) is 4.18. The van der Waals surface area contributed by atoms with Crippen molar-refractivity contribution >= 4 is 46.4 Å². The first-order valence-corrected chi connectivity index (χ1v) is 9.53. The molecule has 29 heavy (non-hydrogen) atoms. The van der Waals surface area contributed by atoms with E-state index in [1.807, 2.05) is 0 Å². The number of ether oxygens (including phenoxy) is 3. The Kier molecular flexibility index (Phi) is 8.58. The van der Waals surface area contributed by atoms with Gasteiger partial charge in [0, 0.05) is 24.4 Å². The van der Waals surface area contributed by atoms with E-state index >= 15 is 0 Å². The lowest BCUT2D eigenvalue weighted by molar-refractivity contribution is -0.137. The van der Waals surface area contributed by atoms with Gasteiger partial charge in [0.1, 0.15) is 29.6 Å². The summed E-state index contributed by atoms with van der Waals surface area (Å²) in [5.41, 5.74) is -0.863. The molecule has 0 aliphatic heterocycles. The predicted molar refractivity (Wildman–Crippen MR) is 107 cm³/mol. The zero-order chi connectivity index (χ0) is 21.6. The lowest BCUT2D eigenvalue weighted by Crippen LogP contribution is -2.22. The molecule has 0 radical (unpaired) electrons. The lowest BCUT2D eigenvalue weighted by atomic mass is 10.3. The van der Waals surface area contributed by atoms with Crippen molar-refractivity contribution in [3.05, 3.63) is 56.6 Å². The third-order valence-electron chi connectivity index (χ3n) is 3.31. The highest BCUT2D eigenvalue weighted by Gasteiger charge is 2.30. The number of pyridine rings is 1. The normalized spacial score (nSPS) is 12.3. The summed E-state index contributed by atoms with van der Waals surface area (Å²) >= 11 is 23.3. The Hall–Kier alpha value is -1.54. The van der Waals surface area contributed by atoms with Gasteiger partial charge in [0.2, 0.25) is 5.88 Å². The smallest absolute Gasteiger partial charge is 0.417 e. The van der Waals surface area contributed by atoms with Crippen LogP contribution in [0.5, 0.6) is 17.4 Å². The van der Waals surface area contributed by atoms with Crippen molar-refractivity contribution in [2.24, 2.45) is 0 Å². The number of alkyl halides is 3. The van der Waals surface area contributed by atoms with Gasteiger partial charge in [-0.1, -0.05) is 46.4 Å². The molecule has 0 aliphatic carbocycles. The summed E-state index contributed by atoms with van der Waals surface area (Å²) in [7, 11) is 0. The molecule has 1 atom stereocenters. The first-order chi connectivity index (χ1) is 13.6. The molecule has 0 N–H and O–H groups in total. The van der Waals surface area contributed by atoms with Gasteiger partial charge in [0.15, 0.2) is 5.75 Å². The van der Waals surface area contributed by atoms with Crippen LogP contribution in [-0.4, -0.2) is 24.3 Å².